The second kappa shape index (κ2) is 7.56. The molecular formula is C15H22N2O3S. The number of hydrogen-bond donors (Lipinski definition) is 2. The van der Waals surface area contributed by atoms with Crippen LogP contribution in [0.4, 0.5) is 0 Å². The molecule has 1 aliphatic rings. The molecule has 2 N–H and O–H groups in total. The second-order valence-electron chi connectivity index (χ2n) is 5.66. The van der Waals surface area contributed by atoms with Crippen molar-refractivity contribution in [3.8, 4) is 0 Å². The van der Waals surface area contributed by atoms with Crippen LogP contribution >= 0.6 is 11.3 Å². The van der Waals surface area contributed by atoms with Crippen LogP contribution in [0.3, 0.4) is 0 Å². The number of carboxylic acids is 1. The Morgan fingerprint density at radius 2 is 2.29 bits per heavy atom. The van der Waals surface area contributed by atoms with Gasteiger partial charge in [0.25, 0.3) is 0 Å². The van der Waals surface area contributed by atoms with E-state index in [4.69, 9.17) is 5.11 Å². The number of aliphatic carboxylic acids is 1. The Morgan fingerprint density at radius 1 is 1.48 bits per heavy atom. The number of carboxylic acid groups (broad SMARTS) is 1. The fourth-order valence-corrected chi connectivity index (χ4v) is 3.37. The first kappa shape index (κ1) is 16.0. The molecule has 2 rings (SSSR count). The van der Waals surface area contributed by atoms with Crippen LogP contribution in [-0.2, 0) is 16.1 Å². The van der Waals surface area contributed by atoms with Crippen molar-refractivity contribution in [1.29, 1.82) is 0 Å². The first-order valence-electron chi connectivity index (χ1n) is 7.27. The summed E-state index contributed by atoms with van der Waals surface area (Å²) in [4.78, 5) is 24.8. The van der Waals surface area contributed by atoms with E-state index in [-0.39, 0.29) is 24.4 Å². The van der Waals surface area contributed by atoms with Crippen molar-refractivity contribution < 1.29 is 14.7 Å². The van der Waals surface area contributed by atoms with Crippen molar-refractivity contribution in [2.45, 2.75) is 38.3 Å². The maximum atomic E-state index is 12.1. The Hall–Kier alpha value is -1.40. The third-order valence-electron chi connectivity index (χ3n) is 3.99. The van der Waals surface area contributed by atoms with Crippen LogP contribution in [-0.4, -0.2) is 41.5 Å². The number of hydrogen-bond acceptors (Lipinski definition) is 4. The summed E-state index contributed by atoms with van der Waals surface area (Å²) in [5.74, 6) is -0.948. The van der Waals surface area contributed by atoms with Crippen molar-refractivity contribution in [2.24, 2.45) is 5.92 Å². The molecule has 0 radical (unpaired) electrons. The standard InChI is InChI=1S/C15H22N2O3S/c1-17(9-11-5-6-21-10-11)14(18)8-16-13-4-2-3-12(7-13)15(19)20/h5-6,10,12-13,16H,2-4,7-9H2,1H3,(H,19,20). The van der Waals surface area contributed by atoms with E-state index < -0.39 is 5.97 Å². The van der Waals surface area contributed by atoms with E-state index in [0.717, 1.165) is 24.8 Å². The lowest BCUT2D eigenvalue weighted by atomic mass is 9.86. The number of rotatable bonds is 6. The van der Waals surface area contributed by atoms with Gasteiger partial charge in [-0.05, 0) is 41.7 Å². The summed E-state index contributed by atoms with van der Waals surface area (Å²) in [5, 5.41) is 16.3. The van der Waals surface area contributed by atoms with E-state index in [2.05, 4.69) is 5.32 Å². The minimum Gasteiger partial charge on any atom is -0.481 e. The van der Waals surface area contributed by atoms with Crippen LogP contribution in [0.1, 0.15) is 31.2 Å². The molecule has 1 fully saturated rings. The molecule has 0 saturated heterocycles. The predicted octanol–water partition coefficient (Wildman–Crippen LogP) is 1.94. The molecular weight excluding hydrogens is 288 g/mol. The first-order chi connectivity index (χ1) is 10.1. The van der Waals surface area contributed by atoms with Crippen molar-refractivity contribution in [2.75, 3.05) is 13.6 Å². The summed E-state index contributed by atoms with van der Waals surface area (Å²) in [5.41, 5.74) is 1.14. The average molecular weight is 310 g/mol. The Morgan fingerprint density at radius 3 is 2.95 bits per heavy atom. The summed E-state index contributed by atoms with van der Waals surface area (Å²) in [7, 11) is 1.79. The number of thiophene rings is 1. The Balaban J connectivity index is 1.74. The number of amides is 1. The van der Waals surface area contributed by atoms with Gasteiger partial charge in [0.2, 0.25) is 5.91 Å². The molecule has 0 aromatic carbocycles. The van der Waals surface area contributed by atoms with E-state index in [9.17, 15) is 9.59 Å². The Bertz CT molecular complexity index is 475. The zero-order chi connectivity index (χ0) is 15.2. The minimum atomic E-state index is -0.720. The summed E-state index contributed by atoms with van der Waals surface area (Å²) in [6.45, 7) is 0.893. The summed E-state index contributed by atoms with van der Waals surface area (Å²) >= 11 is 1.62. The Kier molecular flexibility index (Phi) is 5.76. The maximum Gasteiger partial charge on any atom is 0.306 e. The predicted molar refractivity (Wildman–Crippen MR) is 82.2 cm³/mol. The van der Waals surface area contributed by atoms with Gasteiger partial charge in [0.15, 0.2) is 0 Å². The lowest BCUT2D eigenvalue weighted by Crippen LogP contribution is -2.42. The van der Waals surface area contributed by atoms with Gasteiger partial charge in [0.05, 0.1) is 12.5 Å². The normalized spacial score (nSPS) is 22.0. The van der Waals surface area contributed by atoms with Gasteiger partial charge in [-0.1, -0.05) is 6.42 Å². The summed E-state index contributed by atoms with van der Waals surface area (Å²) in [6, 6.07) is 2.15. The van der Waals surface area contributed by atoms with Crippen LogP contribution < -0.4 is 5.32 Å². The van der Waals surface area contributed by atoms with Crippen LogP contribution in [0.2, 0.25) is 0 Å². The van der Waals surface area contributed by atoms with Gasteiger partial charge in [0.1, 0.15) is 0 Å². The lowest BCUT2D eigenvalue weighted by Gasteiger charge is -2.28. The maximum absolute atomic E-state index is 12.1. The van der Waals surface area contributed by atoms with Crippen molar-refractivity contribution in [1.82, 2.24) is 10.2 Å². The van der Waals surface area contributed by atoms with Crippen LogP contribution in [0.25, 0.3) is 0 Å². The molecule has 1 aliphatic carbocycles. The minimum absolute atomic E-state index is 0.0404. The van der Waals surface area contributed by atoms with Crippen molar-refractivity contribution in [3.63, 3.8) is 0 Å². The van der Waals surface area contributed by atoms with Gasteiger partial charge in [-0.2, -0.15) is 11.3 Å². The monoisotopic (exact) mass is 310 g/mol. The molecule has 2 atom stereocenters. The van der Waals surface area contributed by atoms with Crippen LogP contribution in [0.15, 0.2) is 16.8 Å². The molecule has 1 saturated carbocycles. The second-order valence-corrected chi connectivity index (χ2v) is 6.44. The largest absolute Gasteiger partial charge is 0.481 e. The Labute approximate surface area is 129 Å². The van der Waals surface area contributed by atoms with E-state index in [1.54, 1.807) is 23.3 Å². The molecule has 5 nitrogen and oxygen atoms in total. The number of likely N-dealkylation sites (N-methyl/N-ethyl adjacent to an activating group) is 1. The van der Waals surface area contributed by atoms with E-state index in [1.807, 2.05) is 16.8 Å². The third kappa shape index (κ3) is 4.82. The molecule has 1 aromatic rings. The molecule has 1 amide bonds. The quantitative estimate of drug-likeness (QED) is 0.842. The molecule has 0 bridgehead atoms. The number of nitrogens with zero attached hydrogens (tertiary/aromatic N) is 1. The molecule has 1 heterocycles. The summed E-state index contributed by atoms with van der Waals surface area (Å²) < 4.78 is 0. The lowest BCUT2D eigenvalue weighted by molar-refractivity contribution is -0.143. The number of carbonyl (C=O) groups excluding carboxylic acids is 1. The highest BCUT2D eigenvalue weighted by molar-refractivity contribution is 7.07. The van der Waals surface area contributed by atoms with Crippen molar-refractivity contribution in [3.05, 3.63) is 22.4 Å². The van der Waals surface area contributed by atoms with Gasteiger partial charge in [-0.25, -0.2) is 0 Å². The average Bonchev–Trinajstić information content (AvgIpc) is 2.97. The van der Waals surface area contributed by atoms with Crippen LogP contribution in [0, 0.1) is 5.92 Å². The van der Waals surface area contributed by atoms with Gasteiger partial charge in [-0.15, -0.1) is 0 Å². The van der Waals surface area contributed by atoms with Gasteiger partial charge >= 0.3 is 5.97 Å². The fraction of sp³-hybridized carbons (Fsp3) is 0.600. The highest BCUT2D eigenvalue weighted by atomic mass is 32.1. The van der Waals surface area contributed by atoms with Gasteiger partial charge < -0.3 is 15.3 Å². The summed E-state index contributed by atoms with van der Waals surface area (Å²) in [6.07, 6.45) is 3.23. The fourth-order valence-electron chi connectivity index (χ4n) is 2.71. The molecule has 0 aliphatic heterocycles. The molecule has 1 aromatic heterocycles. The van der Waals surface area contributed by atoms with Gasteiger partial charge in [0, 0.05) is 19.6 Å². The molecule has 116 valence electrons. The SMILES string of the molecule is CN(Cc1ccsc1)C(=O)CNC1CCCC(C(=O)O)C1. The molecule has 0 spiro atoms. The van der Waals surface area contributed by atoms with Crippen LogP contribution in [0.5, 0.6) is 0 Å². The number of nitrogens with one attached hydrogen (secondary N) is 1. The highest BCUT2D eigenvalue weighted by Gasteiger charge is 2.27. The number of carbonyl (C=O) groups is 2. The first-order valence-corrected chi connectivity index (χ1v) is 8.21. The molecule has 21 heavy (non-hydrogen) atoms. The third-order valence-corrected chi connectivity index (χ3v) is 4.72. The van der Waals surface area contributed by atoms with E-state index in [1.165, 1.54) is 0 Å². The van der Waals surface area contributed by atoms with E-state index >= 15 is 0 Å². The van der Waals surface area contributed by atoms with Crippen molar-refractivity contribution >= 4 is 23.2 Å². The zero-order valence-corrected chi connectivity index (χ0v) is 13.1. The molecule has 6 heteroatoms. The topological polar surface area (TPSA) is 69.6 Å². The van der Waals surface area contributed by atoms with E-state index in [0.29, 0.717) is 13.0 Å². The molecule has 2 unspecified atom stereocenters. The highest BCUT2D eigenvalue weighted by Crippen LogP contribution is 2.24. The zero-order valence-electron chi connectivity index (χ0n) is 12.2. The van der Waals surface area contributed by atoms with Gasteiger partial charge in [-0.3, -0.25) is 9.59 Å². The smallest absolute Gasteiger partial charge is 0.306 e.